The molecule has 1 aliphatic carbocycles. The van der Waals surface area contributed by atoms with Crippen molar-refractivity contribution >= 4 is 11.9 Å². The monoisotopic (exact) mass is 231 g/mol. The van der Waals surface area contributed by atoms with E-state index in [4.69, 9.17) is 4.74 Å². The zero-order valence-corrected chi connectivity index (χ0v) is 9.53. The summed E-state index contributed by atoms with van der Waals surface area (Å²) in [6, 6.07) is 5.68. The standard InChI is InChI=1S/C13H13NO3/c1-17-13(16)8-3-2-7-4-9-6-11(15)14-12(9)10(7)5-8/h2-3,5,9,12H,4,6H2,1H3,(H,14,15). The SMILES string of the molecule is COC(=O)c1ccc2c(c1)C1NC(=O)CC1C2. The Hall–Kier alpha value is -1.84. The van der Waals surface area contributed by atoms with E-state index in [1.807, 2.05) is 12.1 Å². The second-order valence-corrected chi connectivity index (χ2v) is 4.62. The molecule has 4 heteroatoms. The average molecular weight is 231 g/mol. The van der Waals surface area contributed by atoms with Gasteiger partial charge in [0.05, 0.1) is 18.7 Å². The molecule has 0 aromatic heterocycles. The van der Waals surface area contributed by atoms with E-state index in [1.165, 1.54) is 12.7 Å². The Labute approximate surface area is 99.0 Å². The van der Waals surface area contributed by atoms with Gasteiger partial charge in [-0.25, -0.2) is 4.79 Å². The largest absolute Gasteiger partial charge is 0.465 e. The highest BCUT2D eigenvalue weighted by molar-refractivity contribution is 5.90. The molecule has 1 aromatic carbocycles. The van der Waals surface area contributed by atoms with Gasteiger partial charge in [0, 0.05) is 6.42 Å². The quantitative estimate of drug-likeness (QED) is 0.739. The summed E-state index contributed by atoms with van der Waals surface area (Å²) in [5.41, 5.74) is 2.85. The van der Waals surface area contributed by atoms with Gasteiger partial charge < -0.3 is 10.1 Å². The molecule has 1 saturated heterocycles. The van der Waals surface area contributed by atoms with Crippen molar-refractivity contribution in [1.82, 2.24) is 5.32 Å². The molecule has 1 heterocycles. The van der Waals surface area contributed by atoms with E-state index in [0.717, 1.165) is 12.0 Å². The minimum Gasteiger partial charge on any atom is -0.465 e. The summed E-state index contributed by atoms with van der Waals surface area (Å²) in [5.74, 6) is 0.125. The lowest BCUT2D eigenvalue weighted by atomic mass is 10.0. The second-order valence-electron chi connectivity index (χ2n) is 4.62. The highest BCUT2D eigenvalue weighted by atomic mass is 16.5. The van der Waals surface area contributed by atoms with E-state index in [2.05, 4.69) is 5.32 Å². The van der Waals surface area contributed by atoms with Gasteiger partial charge in [0.15, 0.2) is 0 Å². The number of esters is 1. The molecule has 1 fully saturated rings. The van der Waals surface area contributed by atoms with Crippen LogP contribution in [0.15, 0.2) is 18.2 Å². The Morgan fingerprint density at radius 2 is 2.24 bits per heavy atom. The van der Waals surface area contributed by atoms with Gasteiger partial charge in [-0.2, -0.15) is 0 Å². The van der Waals surface area contributed by atoms with Crippen LogP contribution in [0.25, 0.3) is 0 Å². The number of carbonyl (C=O) groups is 2. The molecule has 3 rings (SSSR count). The lowest BCUT2D eigenvalue weighted by Gasteiger charge is -2.10. The Balaban J connectivity index is 1.99. The highest BCUT2D eigenvalue weighted by Crippen LogP contribution is 2.41. The molecule has 4 nitrogen and oxygen atoms in total. The number of carbonyl (C=O) groups excluding carboxylic acids is 2. The van der Waals surface area contributed by atoms with Crippen LogP contribution in [0, 0.1) is 5.92 Å². The molecule has 1 amide bonds. The lowest BCUT2D eigenvalue weighted by Crippen LogP contribution is -2.19. The minimum atomic E-state index is -0.333. The number of ether oxygens (including phenoxy) is 1. The summed E-state index contributed by atoms with van der Waals surface area (Å²) < 4.78 is 4.70. The highest BCUT2D eigenvalue weighted by Gasteiger charge is 2.39. The molecule has 0 spiro atoms. The maximum Gasteiger partial charge on any atom is 0.337 e. The van der Waals surface area contributed by atoms with Crippen molar-refractivity contribution in [2.45, 2.75) is 18.9 Å². The number of benzene rings is 1. The van der Waals surface area contributed by atoms with Gasteiger partial charge in [-0.3, -0.25) is 4.79 Å². The van der Waals surface area contributed by atoms with Gasteiger partial charge in [-0.15, -0.1) is 0 Å². The molecule has 0 saturated carbocycles. The smallest absolute Gasteiger partial charge is 0.337 e. The molecule has 1 aliphatic heterocycles. The number of fused-ring (bicyclic) bond motifs is 3. The van der Waals surface area contributed by atoms with E-state index in [1.54, 1.807) is 6.07 Å². The molecular weight excluding hydrogens is 218 g/mol. The first-order valence-electron chi connectivity index (χ1n) is 5.69. The maximum absolute atomic E-state index is 11.5. The van der Waals surface area contributed by atoms with Crippen LogP contribution in [0.5, 0.6) is 0 Å². The fraction of sp³-hybridized carbons (Fsp3) is 0.385. The molecule has 88 valence electrons. The van der Waals surface area contributed by atoms with Crippen molar-refractivity contribution in [2.75, 3.05) is 7.11 Å². The summed E-state index contributed by atoms with van der Waals surface area (Å²) in [6.45, 7) is 0. The number of hydrogen-bond donors (Lipinski definition) is 1. The van der Waals surface area contributed by atoms with Gasteiger partial charge in [0.2, 0.25) is 5.91 Å². The van der Waals surface area contributed by atoms with Crippen LogP contribution in [0.2, 0.25) is 0 Å². The third-order valence-electron chi connectivity index (χ3n) is 3.62. The van der Waals surface area contributed by atoms with E-state index in [-0.39, 0.29) is 17.9 Å². The molecule has 17 heavy (non-hydrogen) atoms. The number of amides is 1. The molecule has 2 aliphatic rings. The molecule has 2 unspecified atom stereocenters. The average Bonchev–Trinajstić information content (AvgIpc) is 2.83. The van der Waals surface area contributed by atoms with Crippen LogP contribution in [-0.4, -0.2) is 19.0 Å². The third kappa shape index (κ3) is 1.52. The van der Waals surface area contributed by atoms with Gasteiger partial charge in [-0.05, 0) is 35.6 Å². The van der Waals surface area contributed by atoms with Crippen LogP contribution < -0.4 is 5.32 Å². The van der Waals surface area contributed by atoms with Crippen molar-refractivity contribution in [3.8, 4) is 0 Å². The summed E-state index contributed by atoms with van der Waals surface area (Å²) >= 11 is 0. The maximum atomic E-state index is 11.5. The predicted molar refractivity (Wildman–Crippen MR) is 60.5 cm³/mol. The van der Waals surface area contributed by atoms with Crippen molar-refractivity contribution in [3.05, 3.63) is 34.9 Å². The molecule has 1 N–H and O–H groups in total. The number of methoxy groups -OCH3 is 1. The number of nitrogens with one attached hydrogen (secondary N) is 1. The predicted octanol–water partition coefficient (Wildman–Crippen LogP) is 1.21. The second kappa shape index (κ2) is 3.58. The number of rotatable bonds is 1. The normalized spacial score (nSPS) is 25.1. The van der Waals surface area contributed by atoms with Crippen molar-refractivity contribution < 1.29 is 14.3 Å². The Kier molecular flexibility index (Phi) is 2.18. The van der Waals surface area contributed by atoms with Crippen LogP contribution >= 0.6 is 0 Å². The van der Waals surface area contributed by atoms with Crippen LogP contribution in [0.4, 0.5) is 0 Å². The van der Waals surface area contributed by atoms with E-state index >= 15 is 0 Å². The van der Waals surface area contributed by atoms with Crippen molar-refractivity contribution in [3.63, 3.8) is 0 Å². The Bertz CT molecular complexity index is 509. The zero-order chi connectivity index (χ0) is 12.0. The van der Waals surface area contributed by atoms with Crippen LogP contribution in [0.1, 0.15) is 33.9 Å². The first-order chi connectivity index (χ1) is 8.19. The van der Waals surface area contributed by atoms with Gasteiger partial charge >= 0.3 is 5.97 Å². The summed E-state index contributed by atoms with van der Waals surface area (Å²) in [4.78, 5) is 22.8. The first-order valence-corrected chi connectivity index (χ1v) is 5.69. The van der Waals surface area contributed by atoms with E-state index < -0.39 is 0 Å². The third-order valence-corrected chi connectivity index (χ3v) is 3.62. The fourth-order valence-corrected chi connectivity index (χ4v) is 2.83. The van der Waals surface area contributed by atoms with Crippen LogP contribution in [-0.2, 0) is 16.0 Å². The van der Waals surface area contributed by atoms with Gasteiger partial charge in [0.25, 0.3) is 0 Å². The fourth-order valence-electron chi connectivity index (χ4n) is 2.83. The molecule has 0 radical (unpaired) electrons. The zero-order valence-electron chi connectivity index (χ0n) is 9.53. The van der Waals surface area contributed by atoms with Crippen molar-refractivity contribution in [2.24, 2.45) is 5.92 Å². The molecule has 1 aromatic rings. The Morgan fingerprint density at radius 1 is 1.41 bits per heavy atom. The molecule has 0 bridgehead atoms. The number of hydrogen-bond acceptors (Lipinski definition) is 3. The van der Waals surface area contributed by atoms with Crippen molar-refractivity contribution in [1.29, 1.82) is 0 Å². The molecule has 2 atom stereocenters. The minimum absolute atomic E-state index is 0.0853. The van der Waals surface area contributed by atoms with E-state index in [9.17, 15) is 9.59 Å². The topological polar surface area (TPSA) is 55.4 Å². The van der Waals surface area contributed by atoms with Gasteiger partial charge in [-0.1, -0.05) is 6.07 Å². The molecular formula is C13H13NO3. The lowest BCUT2D eigenvalue weighted by molar-refractivity contribution is -0.119. The summed E-state index contributed by atoms with van der Waals surface area (Å²) in [7, 11) is 1.37. The Morgan fingerprint density at radius 3 is 3.00 bits per heavy atom. The van der Waals surface area contributed by atoms with E-state index in [0.29, 0.717) is 17.9 Å². The summed E-state index contributed by atoms with van der Waals surface area (Å²) in [5, 5.41) is 2.97. The first kappa shape index (κ1) is 10.3. The summed E-state index contributed by atoms with van der Waals surface area (Å²) in [6.07, 6.45) is 1.51. The van der Waals surface area contributed by atoms with Gasteiger partial charge in [0.1, 0.15) is 0 Å². The van der Waals surface area contributed by atoms with Crippen LogP contribution in [0.3, 0.4) is 0 Å².